The number of aromatic nitrogens is 1. The molecule has 0 atom stereocenters. The molecule has 1 aliphatic carbocycles. The number of carbonyl (C=O) groups is 3. The van der Waals surface area contributed by atoms with Gasteiger partial charge in [0.15, 0.2) is 0 Å². The van der Waals surface area contributed by atoms with Gasteiger partial charge in [0, 0.05) is 23.5 Å². The third-order valence-electron chi connectivity index (χ3n) is 6.34. The highest BCUT2D eigenvalue weighted by Crippen LogP contribution is 2.41. The topological polar surface area (TPSA) is 116 Å². The number of nitrogens with zero attached hydrogens (tertiary/aromatic N) is 1. The van der Waals surface area contributed by atoms with Gasteiger partial charge in [-0.1, -0.05) is 11.6 Å². The lowest BCUT2D eigenvalue weighted by atomic mass is 10.0. The van der Waals surface area contributed by atoms with Crippen LogP contribution in [-0.2, 0) is 17.8 Å². The van der Waals surface area contributed by atoms with E-state index in [-0.39, 0.29) is 22.0 Å². The maximum atomic E-state index is 14.1. The van der Waals surface area contributed by atoms with Gasteiger partial charge in [-0.05, 0) is 56.4 Å². The van der Waals surface area contributed by atoms with Crippen LogP contribution in [0.5, 0.6) is 0 Å². The normalized spacial score (nSPS) is 17.5. The van der Waals surface area contributed by atoms with Crippen molar-refractivity contribution in [2.75, 3.05) is 5.32 Å². The number of Topliss-reactive ketones (excluding diaryl/α,β-unsaturated/α-hetero) is 1. The SMILES string of the molecule is Cc1c(C(=O)C(=O)NC2(C3=CNNN3)CC2)c2n(c1C(=O)Nc1cc(Cl)ccc1F)CCC2. The van der Waals surface area contributed by atoms with Crippen LogP contribution in [0.2, 0.25) is 5.02 Å². The van der Waals surface area contributed by atoms with Gasteiger partial charge in [-0.2, -0.15) is 5.53 Å². The molecule has 1 aromatic carbocycles. The first-order valence-corrected chi connectivity index (χ1v) is 11.0. The van der Waals surface area contributed by atoms with Crippen molar-refractivity contribution in [3.8, 4) is 0 Å². The van der Waals surface area contributed by atoms with Crippen molar-refractivity contribution >= 4 is 34.9 Å². The van der Waals surface area contributed by atoms with E-state index in [1.165, 1.54) is 18.2 Å². The van der Waals surface area contributed by atoms with E-state index >= 15 is 0 Å². The lowest BCUT2D eigenvalue weighted by Crippen LogP contribution is -2.46. The molecule has 5 N–H and O–H groups in total. The minimum atomic E-state index is -0.724. The number of hydrogen-bond acceptors (Lipinski definition) is 6. The standard InChI is InChI=1S/C22H22ClFN6O3/c1-11-17(19(31)21(33)27-22(6-7-22)16-10-25-29-28-16)15-3-2-8-30(15)18(11)20(32)26-14-9-12(23)4-5-13(14)24/h4-5,9-10,25,28-29H,2-3,6-8H2,1H3,(H,26,32)(H,27,33). The van der Waals surface area contributed by atoms with Gasteiger partial charge in [0.25, 0.3) is 17.6 Å². The minimum absolute atomic E-state index is 0.0544. The summed E-state index contributed by atoms with van der Waals surface area (Å²) in [6.45, 7) is 2.17. The van der Waals surface area contributed by atoms with Gasteiger partial charge in [0.2, 0.25) is 0 Å². The van der Waals surface area contributed by atoms with Crippen LogP contribution in [-0.4, -0.2) is 27.7 Å². The van der Waals surface area contributed by atoms with E-state index < -0.39 is 29.0 Å². The van der Waals surface area contributed by atoms with Crippen LogP contribution in [0.3, 0.4) is 0 Å². The molecule has 2 amide bonds. The summed E-state index contributed by atoms with van der Waals surface area (Å²) in [6, 6.07) is 3.88. The van der Waals surface area contributed by atoms with Gasteiger partial charge >= 0.3 is 0 Å². The van der Waals surface area contributed by atoms with Gasteiger partial charge in [0.1, 0.15) is 11.5 Å². The largest absolute Gasteiger partial charge is 0.340 e. The maximum Gasteiger partial charge on any atom is 0.293 e. The molecule has 172 valence electrons. The summed E-state index contributed by atoms with van der Waals surface area (Å²) in [5.41, 5.74) is 10.1. The molecule has 0 bridgehead atoms. The second kappa shape index (κ2) is 7.89. The van der Waals surface area contributed by atoms with Crippen LogP contribution in [0.25, 0.3) is 0 Å². The van der Waals surface area contributed by atoms with E-state index in [1.54, 1.807) is 17.7 Å². The summed E-state index contributed by atoms with van der Waals surface area (Å²) in [7, 11) is 0. The minimum Gasteiger partial charge on any atom is -0.340 e. The average Bonchev–Trinajstić information content (AvgIpc) is 3.14. The lowest BCUT2D eigenvalue weighted by Gasteiger charge is -2.18. The van der Waals surface area contributed by atoms with Crippen molar-refractivity contribution < 1.29 is 18.8 Å². The van der Waals surface area contributed by atoms with Crippen molar-refractivity contribution in [1.29, 1.82) is 0 Å². The molecule has 33 heavy (non-hydrogen) atoms. The molecule has 3 aliphatic rings. The van der Waals surface area contributed by atoms with Crippen molar-refractivity contribution in [2.45, 2.75) is 44.7 Å². The fourth-order valence-electron chi connectivity index (χ4n) is 4.57. The molecule has 1 aromatic heterocycles. The first-order chi connectivity index (χ1) is 15.8. The van der Waals surface area contributed by atoms with E-state index in [1.807, 2.05) is 0 Å². The fourth-order valence-corrected chi connectivity index (χ4v) is 4.74. The van der Waals surface area contributed by atoms with Gasteiger partial charge in [0.05, 0.1) is 22.5 Å². The molecule has 1 saturated carbocycles. The summed E-state index contributed by atoms with van der Waals surface area (Å²) in [6.07, 6.45) is 4.43. The van der Waals surface area contributed by atoms with Crippen molar-refractivity contribution in [3.63, 3.8) is 0 Å². The molecular formula is C22H22ClFN6O3. The summed E-state index contributed by atoms with van der Waals surface area (Å²) in [5.74, 6) is -2.59. The van der Waals surface area contributed by atoms with Crippen molar-refractivity contribution in [3.05, 3.63) is 63.5 Å². The Labute approximate surface area is 193 Å². The fraction of sp³-hybridized carbons (Fsp3) is 0.318. The number of rotatable bonds is 6. The highest BCUT2D eigenvalue weighted by molar-refractivity contribution is 6.44. The number of amides is 2. The number of ketones is 1. The van der Waals surface area contributed by atoms with Gasteiger partial charge < -0.3 is 26.1 Å². The predicted octanol–water partition coefficient (Wildman–Crippen LogP) is 2.07. The zero-order chi connectivity index (χ0) is 23.3. The average molecular weight is 473 g/mol. The number of carbonyl (C=O) groups excluding carboxylic acids is 3. The van der Waals surface area contributed by atoms with E-state index in [0.29, 0.717) is 37.1 Å². The quantitative estimate of drug-likeness (QED) is 0.325. The van der Waals surface area contributed by atoms with Gasteiger partial charge in [-0.15, -0.1) is 0 Å². The Morgan fingerprint density at radius 3 is 2.73 bits per heavy atom. The molecule has 0 spiro atoms. The Bertz CT molecular complexity index is 1230. The molecule has 2 aliphatic heterocycles. The Morgan fingerprint density at radius 2 is 2.03 bits per heavy atom. The maximum absolute atomic E-state index is 14.1. The molecule has 2 aromatic rings. The molecule has 1 fully saturated rings. The van der Waals surface area contributed by atoms with Crippen LogP contribution in [0.15, 0.2) is 30.1 Å². The summed E-state index contributed by atoms with van der Waals surface area (Å²) >= 11 is 5.93. The van der Waals surface area contributed by atoms with Crippen LogP contribution >= 0.6 is 11.6 Å². The Balaban J connectivity index is 1.43. The monoisotopic (exact) mass is 472 g/mol. The van der Waals surface area contributed by atoms with Crippen LogP contribution in [0.4, 0.5) is 10.1 Å². The number of hydrogen-bond donors (Lipinski definition) is 5. The molecular weight excluding hydrogens is 451 g/mol. The van der Waals surface area contributed by atoms with Gasteiger partial charge in [-0.3, -0.25) is 14.4 Å². The zero-order valence-electron chi connectivity index (χ0n) is 17.8. The Morgan fingerprint density at radius 1 is 1.24 bits per heavy atom. The number of anilines is 1. The third kappa shape index (κ3) is 3.65. The van der Waals surface area contributed by atoms with E-state index in [0.717, 1.165) is 12.1 Å². The molecule has 0 saturated heterocycles. The Kier molecular flexibility index (Phi) is 5.13. The highest BCUT2D eigenvalue weighted by Gasteiger charge is 2.50. The number of hydrazine groups is 2. The second-order valence-electron chi connectivity index (χ2n) is 8.45. The highest BCUT2D eigenvalue weighted by atomic mass is 35.5. The van der Waals surface area contributed by atoms with Crippen LogP contribution < -0.4 is 27.0 Å². The number of halogens is 2. The second-order valence-corrected chi connectivity index (χ2v) is 8.88. The van der Waals surface area contributed by atoms with Crippen LogP contribution in [0, 0.1) is 12.7 Å². The summed E-state index contributed by atoms with van der Waals surface area (Å²) in [4.78, 5) is 39.3. The van der Waals surface area contributed by atoms with Crippen molar-refractivity contribution in [2.24, 2.45) is 0 Å². The van der Waals surface area contributed by atoms with E-state index in [2.05, 4.69) is 27.0 Å². The smallest absolute Gasteiger partial charge is 0.293 e. The summed E-state index contributed by atoms with van der Waals surface area (Å²) < 4.78 is 15.9. The summed E-state index contributed by atoms with van der Waals surface area (Å²) in [5, 5.41) is 5.67. The third-order valence-corrected chi connectivity index (χ3v) is 6.57. The molecule has 3 heterocycles. The van der Waals surface area contributed by atoms with E-state index in [4.69, 9.17) is 11.6 Å². The molecule has 0 radical (unpaired) electrons. The van der Waals surface area contributed by atoms with Gasteiger partial charge in [-0.25, -0.2) is 4.39 Å². The molecule has 0 unspecified atom stereocenters. The molecule has 11 heteroatoms. The lowest BCUT2D eigenvalue weighted by molar-refractivity contribution is -0.117. The number of fused-ring (bicyclic) bond motifs is 1. The van der Waals surface area contributed by atoms with E-state index in [9.17, 15) is 18.8 Å². The number of nitrogens with one attached hydrogen (secondary N) is 5. The first-order valence-electron chi connectivity index (χ1n) is 10.6. The molecule has 9 nitrogen and oxygen atoms in total. The number of benzene rings is 1. The zero-order valence-corrected chi connectivity index (χ0v) is 18.5. The van der Waals surface area contributed by atoms with Crippen molar-refractivity contribution in [1.82, 2.24) is 26.3 Å². The molecule has 5 rings (SSSR count). The Hall–Kier alpha value is -3.37. The first kappa shape index (κ1) is 21.5. The van der Waals surface area contributed by atoms with Crippen LogP contribution in [0.1, 0.15) is 51.4 Å². The predicted molar refractivity (Wildman–Crippen MR) is 119 cm³/mol.